The van der Waals surface area contributed by atoms with Crippen LogP contribution in [0.25, 0.3) is 11.4 Å². The van der Waals surface area contributed by atoms with Gasteiger partial charge in [-0.05, 0) is 43.5 Å². The summed E-state index contributed by atoms with van der Waals surface area (Å²) in [7, 11) is 0. The number of primary amides is 1. The minimum atomic E-state index is -0.438. The summed E-state index contributed by atoms with van der Waals surface area (Å²) in [5.41, 5.74) is 9.28. The molecule has 0 unspecified atom stereocenters. The van der Waals surface area contributed by atoms with Crippen LogP contribution in [0.15, 0.2) is 35.7 Å². The number of nitrogens with one attached hydrogen (secondary N) is 1. The van der Waals surface area contributed by atoms with Gasteiger partial charge in [0.15, 0.2) is 5.13 Å². The highest BCUT2D eigenvalue weighted by molar-refractivity contribution is 7.98. The Labute approximate surface area is 159 Å². The summed E-state index contributed by atoms with van der Waals surface area (Å²) < 4.78 is 15.1. The van der Waals surface area contributed by atoms with E-state index in [9.17, 15) is 9.18 Å². The van der Waals surface area contributed by atoms with Gasteiger partial charge in [-0.3, -0.25) is 4.79 Å². The molecule has 2 heterocycles. The first-order valence-corrected chi connectivity index (χ1v) is 10.2. The van der Waals surface area contributed by atoms with Gasteiger partial charge in [0.1, 0.15) is 5.82 Å². The molecule has 1 aromatic carbocycles. The number of nitrogens with zero attached hydrogens (tertiary/aromatic N) is 2. The highest BCUT2D eigenvalue weighted by atomic mass is 32.2. The number of anilines is 2. The van der Waals surface area contributed by atoms with Gasteiger partial charge < -0.3 is 15.6 Å². The first kappa shape index (κ1) is 18.5. The molecule has 136 valence electrons. The number of thiazole rings is 1. The molecule has 0 radical (unpaired) electrons. The zero-order valence-corrected chi connectivity index (χ0v) is 16.1. The molecular formula is C18H19FN4OS2. The second-order valence-corrected chi connectivity index (χ2v) is 7.55. The van der Waals surface area contributed by atoms with Crippen LogP contribution in [0.4, 0.5) is 15.2 Å². The number of carbonyl (C=O) groups is 1. The smallest absolute Gasteiger partial charge is 0.250 e. The SMILES string of the molecule is CSCCn1c(-c2csc(Nc3ccc(F)cc3)n2)cc(C(N)=O)c1C. The topological polar surface area (TPSA) is 72.9 Å². The molecule has 26 heavy (non-hydrogen) atoms. The second kappa shape index (κ2) is 7.92. The van der Waals surface area contributed by atoms with Crippen molar-refractivity contribution < 1.29 is 9.18 Å². The zero-order chi connectivity index (χ0) is 18.7. The summed E-state index contributed by atoms with van der Waals surface area (Å²) in [6, 6.07) is 7.91. The summed E-state index contributed by atoms with van der Waals surface area (Å²) >= 11 is 3.19. The Kier molecular flexibility index (Phi) is 5.63. The van der Waals surface area contributed by atoms with Crippen LogP contribution >= 0.6 is 23.1 Å². The van der Waals surface area contributed by atoms with Gasteiger partial charge in [0.25, 0.3) is 5.91 Å². The van der Waals surface area contributed by atoms with Crippen LogP contribution in [0.3, 0.4) is 0 Å². The predicted molar refractivity (Wildman–Crippen MR) is 107 cm³/mol. The van der Waals surface area contributed by atoms with Gasteiger partial charge in [-0.1, -0.05) is 0 Å². The van der Waals surface area contributed by atoms with E-state index >= 15 is 0 Å². The third-order valence-corrected chi connectivity index (χ3v) is 5.36. The quantitative estimate of drug-likeness (QED) is 0.632. The minimum absolute atomic E-state index is 0.281. The highest BCUT2D eigenvalue weighted by Gasteiger charge is 2.18. The molecule has 0 atom stereocenters. The molecule has 0 bridgehead atoms. The summed E-state index contributed by atoms with van der Waals surface area (Å²) in [5, 5.41) is 5.79. The van der Waals surface area contributed by atoms with E-state index < -0.39 is 5.91 Å². The summed E-state index contributed by atoms with van der Waals surface area (Å²) in [5.74, 6) is 0.203. The average Bonchev–Trinajstić information content (AvgIpc) is 3.19. The average molecular weight is 391 g/mol. The fourth-order valence-corrected chi connectivity index (χ4v) is 3.77. The normalized spacial score (nSPS) is 10.9. The molecule has 3 rings (SSSR count). The van der Waals surface area contributed by atoms with Gasteiger partial charge in [-0.15, -0.1) is 11.3 Å². The monoisotopic (exact) mass is 390 g/mol. The number of nitrogens with two attached hydrogens (primary N) is 1. The Hall–Kier alpha value is -2.32. The first-order valence-electron chi connectivity index (χ1n) is 7.97. The van der Waals surface area contributed by atoms with E-state index in [1.165, 1.54) is 23.5 Å². The Bertz CT molecular complexity index is 918. The van der Waals surface area contributed by atoms with E-state index in [4.69, 9.17) is 5.73 Å². The maximum Gasteiger partial charge on any atom is 0.250 e. The van der Waals surface area contributed by atoms with Crippen molar-refractivity contribution in [3.63, 3.8) is 0 Å². The molecule has 1 amide bonds. The predicted octanol–water partition coefficient (Wildman–Crippen LogP) is 4.26. The maximum atomic E-state index is 13.0. The van der Waals surface area contributed by atoms with Crippen LogP contribution in [-0.2, 0) is 6.54 Å². The first-order chi connectivity index (χ1) is 12.5. The van der Waals surface area contributed by atoms with Gasteiger partial charge >= 0.3 is 0 Å². The lowest BCUT2D eigenvalue weighted by Crippen LogP contribution is -2.13. The van der Waals surface area contributed by atoms with Crippen molar-refractivity contribution >= 4 is 39.8 Å². The summed E-state index contributed by atoms with van der Waals surface area (Å²) in [4.78, 5) is 16.3. The third-order valence-electron chi connectivity index (χ3n) is 4.01. The van der Waals surface area contributed by atoms with Crippen LogP contribution in [-0.4, -0.2) is 27.5 Å². The van der Waals surface area contributed by atoms with Crippen LogP contribution < -0.4 is 11.1 Å². The number of rotatable bonds is 7. The number of carbonyl (C=O) groups excluding carboxylic acids is 1. The lowest BCUT2D eigenvalue weighted by Gasteiger charge is -2.09. The van der Waals surface area contributed by atoms with E-state index in [1.807, 2.05) is 18.6 Å². The van der Waals surface area contributed by atoms with Crippen molar-refractivity contribution in [2.75, 3.05) is 17.3 Å². The van der Waals surface area contributed by atoms with Crippen molar-refractivity contribution in [2.45, 2.75) is 13.5 Å². The molecule has 0 aliphatic heterocycles. The summed E-state index contributed by atoms with van der Waals surface area (Å²) in [6.45, 7) is 2.67. The standard InChI is InChI=1S/C18H19FN4OS2/c1-11-14(17(20)24)9-16(23(11)7-8-25-2)15-10-26-18(22-15)21-13-5-3-12(19)4-6-13/h3-6,9-10H,7-8H2,1-2H3,(H2,20,24)(H,21,22). The Morgan fingerprint density at radius 1 is 1.38 bits per heavy atom. The van der Waals surface area contributed by atoms with Crippen molar-refractivity contribution in [1.29, 1.82) is 0 Å². The van der Waals surface area contributed by atoms with Gasteiger partial charge in [0.05, 0.1) is 17.0 Å². The van der Waals surface area contributed by atoms with Crippen LogP contribution in [0, 0.1) is 12.7 Å². The molecule has 0 spiro atoms. The van der Waals surface area contributed by atoms with Crippen molar-refractivity contribution in [3.05, 3.63) is 52.8 Å². The molecule has 5 nitrogen and oxygen atoms in total. The molecule has 8 heteroatoms. The van der Waals surface area contributed by atoms with E-state index in [2.05, 4.69) is 14.9 Å². The van der Waals surface area contributed by atoms with Gasteiger partial charge in [0, 0.05) is 29.1 Å². The number of thioether (sulfide) groups is 1. The van der Waals surface area contributed by atoms with Gasteiger partial charge in [0.2, 0.25) is 0 Å². The Morgan fingerprint density at radius 3 is 2.77 bits per heavy atom. The Balaban J connectivity index is 1.91. The molecule has 0 saturated heterocycles. The van der Waals surface area contributed by atoms with Crippen molar-refractivity contribution in [1.82, 2.24) is 9.55 Å². The fraction of sp³-hybridized carbons (Fsp3) is 0.222. The number of hydrogen-bond donors (Lipinski definition) is 2. The Morgan fingerprint density at radius 2 is 2.12 bits per heavy atom. The maximum absolute atomic E-state index is 13.0. The number of aromatic nitrogens is 2. The summed E-state index contributed by atoms with van der Waals surface area (Å²) in [6.07, 6.45) is 2.04. The number of benzene rings is 1. The van der Waals surface area contributed by atoms with E-state index in [1.54, 1.807) is 30.0 Å². The second-order valence-electron chi connectivity index (χ2n) is 5.71. The molecule has 0 aliphatic rings. The molecular weight excluding hydrogens is 371 g/mol. The minimum Gasteiger partial charge on any atom is -0.366 e. The molecule has 2 aromatic heterocycles. The fourth-order valence-electron chi connectivity index (χ4n) is 2.68. The van der Waals surface area contributed by atoms with Crippen LogP contribution in [0.5, 0.6) is 0 Å². The largest absolute Gasteiger partial charge is 0.366 e. The molecule has 3 N–H and O–H groups in total. The zero-order valence-electron chi connectivity index (χ0n) is 14.5. The highest BCUT2D eigenvalue weighted by Crippen LogP contribution is 2.30. The molecule has 0 fully saturated rings. The number of amides is 1. The van der Waals surface area contributed by atoms with Crippen LogP contribution in [0.2, 0.25) is 0 Å². The lowest BCUT2D eigenvalue weighted by molar-refractivity contribution is 0.0999. The van der Waals surface area contributed by atoms with E-state index in [0.29, 0.717) is 10.7 Å². The van der Waals surface area contributed by atoms with Gasteiger partial charge in [-0.2, -0.15) is 11.8 Å². The van der Waals surface area contributed by atoms with Crippen molar-refractivity contribution in [2.24, 2.45) is 5.73 Å². The van der Waals surface area contributed by atoms with Gasteiger partial charge in [-0.25, -0.2) is 9.37 Å². The molecule has 3 aromatic rings. The van der Waals surface area contributed by atoms with Crippen molar-refractivity contribution in [3.8, 4) is 11.4 Å². The van der Waals surface area contributed by atoms with E-state index in [0.717, 1.165) is 35.1 Å². The lowest BCUT2D eigenvalue weighted by atomic mass is 10.2. The molecule has 0 aliphatic carbocycles. The van der Waals surface area contributed by atoms with Crippen LogP contribution in [0.1, 0.15) is 16.1 Å². The number of halogens is 1. The van der Waals surface area contributed by atoms with E-state index in [-0.39, 0.29) is 5.82 Å². The number of hydrogen-bond acceptors (Lipinski definition) is 5. The molecule has 0 saturated carbocycles. The third kappa shape index (κ3) is 3.91.